The molecule has 0 saturated heterocycles. The van der Waals surface area contributed by atoms with Crippen molar-refractivity contribution in [3.63, 3.8) is 0 Å². The normalized spacial score (nSPS) is 10.3. The Morgan fingerprint density at radius 3 is 2.81 bits per heavy atom. The molecule has 0 atom stereocenters. The van der Waals surface area contributed by atoms with E-state index in [1.807, 2.05) is 0 Å². The van der Waals surface area contributed by atoms with Crippen LogP contribution in [0.2, 0.25) is 0 Å². The Labute approximate surface area is 155 Å². The highest BCUT2D eigenvalue weighted by Gasteiger charge is 2.13. The van der Waals surface area contributed by atoms with Crippen molar-refractivity contribution >= 4 is 11.6 Å². The van der Waals surface area contributed by atoms with Gasteiger partial charge in [0.25, 0.3) is 5.91 Å². The number of benzene rings is 2. The highest BCUT2D eigenvalue weighted by molar-refractivity contribution is 6.04. The lowest BCUT2D eigenvalue weighted by Crippen LogP contribution is -2.12. The third-order valence-corrected chi connectivity index (χ3v) is 3.74. The summed E-state index contributed by atoms with van der Waals surface area (Å²) in [6.07, 6.45) is 4.81. The van der Waals surface area contributed by atoms with E-state index in [1.54, 1.807) is 54.9 Å². The summed E-state index contributed by atoms with van der Waals surface area (Å²) in [4.78, 5) is 12.5. The summed E-state index contributed by atoms with van der Waals surface area (Å²) in [7, 11) is 1.49. The highest BCUT2D eigenvalue weighted by atomic mass is 19.1. The van der Waals surface area contributed by atoms with Gasteiger partial charge >= 0.3 is 0 Å². The molecule has 0 bridgehead atoms. The maximum atomic E-state index is 14.3. The molecule has 0 unspecified atom stereocenters. The lowest BCUT2D eigenvalue weighted by molar-refractivity contribution is 0.102. The zero-order valence-corrected chi connectivity index (χ0v) is 14.7. The van der Waals surface area contributed by atoms with Gasteiger partial charge in [-0.25, -0.2) is 9.07 Å². The second kappa shape index (κ2) is 8.18. The second-order valence-electron chi connectivity index (χ2n) is 5.54. The zero-order chi connectivity index (χ0) is 19.2. The number of anilines is 1. The number of hydrogen-bond donors (Lipinski definition) is 1. The van der Waals surface area contributed by atoms with Crippen LogP contribution in [0.4, 0.5) is 10.1 Å². The van der Waals surface area contributed by atoms with Crippen molar-refractivity contribution in [2.75, 3.05) is 19.0 Å². The Morgan fingerprint density at radius 2 is 2.15 bits per heavy atom. The first-order valence-electron chi connectivity index (χ1n) is 8.15. The molecule has 0 radical (unpaired) electrons. The number of aromatic nitrogens is 2. The fourth-order valence-electron chi connectivity index (χ4n) is 2.46. The van der Waals surface area contributed by atoms with Gasteiger partial charge in [-0.2, -0.15) is 5.10 Å². The molecule has 6 nitrogen and oxygen atoms in total. The van der Waals surface area contributed by atoms with E-state index in [9.17, 15) is 9.18 Å². The van der Waals surface area contributed by atoms with E-state index in [1.165, 1.54) is 17.9 Å². The minimum absolute atomic E-state index is 0.295. The van der Waals surface area contributed by atoms with Crippen LogP contribution in [0.3, 0.4) is 0 Å². The third-order valence-electron chi connectivity index (χ3n) is 3.74. The largest absolute Gasteiger partial charge is 0.493 e. The monoisotopic (exact) mass is 367 g/mol. The Morgan fingerprint density at radius 1 is 1.30 bits per heavy atom. The maximum Gasteiger partial charge on any atom is 0.255 e. The molecule has 1 aromatic heterocycles. The van der Waals surface area contributed by atoms with Crippen molar-refractivity contribution in [3.8, 4) is 17.2 Å². The Kier molecular flexibility index (Phi) is 5.51. The molecule has 1 N–H and O–H groups in total. The first kappa shape index (κ1) is 18.2. The summed E-state index contributed by atoms with van der Waals surface area (Å²) in [5.41, 5.74) is 0.983. The van der Waals surface area contributed by atoms with Crippen molar-refractivity contribution in [3.05, 3.63) is 78.9 Å². The van der Waals surface area contributed by atoms with E-state index < -0.39 is 11.7 Å². The van der Waals surface area contributed by atoms with Crippen LogP contribution in [0, 0.1) is 5.82 Å². The van der Waals surface area contributed by atoms with E-state index in [4.69, 9.17) is 9.47 Å². The van der Waals surface area contributed by atoms with Crippen LogP contribution in [-0.2, 0) is 0 Å². The number of ether oxygens (including phenoxy) is 2. The number of nitrogens with zero attached hydrogens (tertiary/aromatic N) is 2. The molecule has 138 valence electrons. The molecular formula is C20H18FN3O3. The van der Waals surface area contributed by atoms with Gasteiger partial charge in [0, 0.05) is 23.6 Å². The first-order chi connectivity index (χ1) is 13.1. The van der Waals surface area contributed by atoms with E-state index in [2.05, 4.69) is 17.0 Å². The number of nitrogens with one attached hydrogen (secondary N) is 1. The number of hydrogen-bond acceptors (Lipinski definition) is 4. The maximum absolute atomic E-state index is 14.3. The molecule has 1 heterocycles. The van der Waals surface area contributed by atoms with Gasteiger partial charge in [0.2, 0.25) is 0 Å². The highest BCUT2D eigenvalue weighted by Crippen LogP contribution is 2.28. The van der Waals surface area contributed by atoms with Gasteiger partial charge in [0.05, 0.1) is 7.11 Å². The molecule has 1 amide bonds. The number of amides is 1. The van der Waals surface area contributed by atoms with E-state index in [-0.39, 0.29) is 0 Å². The van der Waals surface area contributed by atoms with Crippen molar-refractivity contribution in [2.24, 2.45) is 0 Å². The van der Waals surface area contributed by atoms with Gasteiger partial charge in [-0.1, -0.05) is 12.7 Å². The van der Waals surface area contributed by atoms with Crippen LogP contribution >= 0.6 is 0 Å². The van der Waals surface area contributed by atoms with Crippen LogP contribution in [0.25, 0.3) is 5.69 Å². The lowest BCUT2D eigenvalue weighted by atomic mass is 10.1. The average molecular weight is 367 g/mol. The Hall–Kier alpha value is -3.61. The topological polar surface area (TPSA) is 65.4 Å². The molecule has 3 aromatic rings. The molecule has 0 fully saturated rings. The van der Waals surface area contributed by atoms with Crippen LogP contribution in [0.1, 0.15) is 10.4 Å². The lowest BCUT2D eigenvalue weighted by Gasteiger charge is -2.12. The number of halogens is 1. The SMILES string of the molecule is C=CCOc1ccc(C(=O)Nc2ccc(-n3cccn3)c(F)c2)cc1OC. The van der Waals surface area contributed by atoms with E-state index in [0.717, 1.165) is 0 Å². The van der Waals surface area contributed by atoms with E-state index in [0.29, 0.717) is 35.0 Å². The molecule has 7 heteroatoms. The van der Waals surface area contributed by atoms with Crippen molar-refractivity contribution in [2.45, 2.75) is 0 Å². The third kappa shape index (κ3) is 4.14. The molecule has 0 spiro atoms. The summed E-state index contributed by atoms with van der Waals surface area (Å²) < 4.78 is 26.4. The molecule has 3 rings (SSSR count). The number of carbonyl (C=O) groups is 1. The molecule has 0 aliphatic rings. The standard InChI is InChI=1S/C20H18FN3O3/c1-3-11-27-18-8-5-14(12-19(18)26-2)20(25)23-15-6-7-17(16(21)13-15)24-10-4-9-22-24/h3-10,12-13H,1,11H2,2H3,(H,23,25). The number of carbonyl (C=O) groups excluding carboxylic acids is 1. The summed E-state index contributed by atoms with van der Waals surface area (Å²) in [5.74, 6) is 0.0327. The minimum Gasteiger partial charge on any atom is -0.493 e. The summed E-state index contributed by atoms with van der Waals surface area (Å²) in [6.45, 7) is 3.91. The smallest absolute Gasteiger partial charge is 0.255 e. The van der Waals surface area contributed by atoms with Crippen molar-refractivity contribution in [1.82, 2.24) is 9.78 Å². The summed E-state index contributed by atoms with van der Waals surface area (Å²) >= 11 is 0. The molecule has 27 heavy (non-hydrogen) atoms. The second-order valence-corrected chi connectivity index (χ2v) is 5.54. The summed E-state index contributed by atoms with van der Waals surface area (Å²) in [6, 6.07) is 10.9. The molecule has 0 saturated carbocycles. The zero-order valence-electron chi connectivity index (χ0n) is 14.7. The molecule has 0 aliphatic carbocycles. The van der Waals surface area contributed by atoms with Crippen LogP contribution in [-0.4, -0.2) is 29.4 Å². The van der Waals surface area contributed by atoms with Gasteiger partial charge < -0.3 is 14.8 Å². The number of rotatable bonds is 7. The molecule has 0 aliphatic heterocycles. The van der Waals surface area contributed by atoms with Crippen molar-refractivity contribution < 1.29 is 18.7 Å². The average Bonchev–Trinajstić information content (AvgIpc) is 3.20. The van der Waals surface area contributed by atoms with Gasteiger partial charge in [0.15, 0.2) is 17.3 Å². The molecule has 2 aromatic carbocycles. The minimum atomic E-state index is -0.498. The van der Waals surface area contributed by atoms with Gasteiger partial charge in [-0.05, 0) is 42.5 Å². The Bertz CT molecular complexity index is 955. The van der Waals surface area contributed by atoms with Gasteiger partial charge in [0.1, 0.15) is 12.3 Å². The first-order valence-corrected chi connectivity index (χ1v) is 8.15. The molecular weight excluding hydrogens is 349 g/mol. The summed E-state index contributed by atoms with van der Waals surface area (Å²) in [5, 5.41) is 6.66. The fourth-order valence-corrected chi connectivity index (χ4v) is 2.46. The van der Waals surface area contributed by atoms with Crippen LogP contribution in [0.15, 0.2) is 67.5 Å². The quantitative estimate of drug-likeness (QED) is 0.645. The predicted octanol–water partition coefficient (Wildman–Crippen LogP) is 3.84. The fraction of sp³-hybridized carbons (Fsp3) is 0.100. The predicted molar refractivity (Wildman–Crippen MR) is 100 cm³/mol. The van der Waals surface area contributed by atoms with Crippen LogP contribution in [0.5, 0.6) is 11.5 Å². The van der Waals surface area contributed by atoms with Crippen LogP contribution < -0.4 is 14.8 Å². The number of methoxy groups -OCH3 is 1. The van der Waals surface area contributed by atoms with Crippen molar-refractivity contribution in [1.29, 1.82) is 0 Å². The van der Waals surface area contributed by atoms with Gasteiger partial charge in [-0.3, -0.25) is 4.79 Å². The van der Waals surface area contributed by atoms with Gasteiger partial charge in [-0.15, -0.1) is 0 Å². The van der Waals surface area contributed by atoms with E-state index >= 15 is 0 Å². The Balaban J connectivity index is 1.77.